The summed E-state index contributed by atoms with van der Waals surface area (Å²) in [7, 11) is 0. The van der Waals surface area contributed by atoms with E-state index >= 15 is 0 Å². The summed E-state index contributed by atoms with van der Waals surface area (Å²) >= 11 is 3.57. The number of rotatable bonds is 3. The van der Waals surface area contributed by atoms with Crippen molar-refractivity contribution in [1.29, 1.82) is 0 Å². The predicted molar refractivity (Wildman–Crippen MR) is 89.3 cm³/mol. The van der Waals surface area contributed by atoms with E-state index in [1.807, 2.05) is 30.6 Å². The number of aromatic nitrogens is 2. The van der Waals surface area contributed by atoms with Gasteiger partial charge in [0.25, 0.3) is 0 Å². The Morgan fingerprint density at radius 2 is 2.00 bits per heavy atom. The molecule has 21 heavy (non-hydrogen) atoms. The van der Waals surface area contributed by atoms with Crippen LogP contribution in [0.25, 0.3) is 17.1 Å². The van der Waals surface area contributed by atoms with Gasteiger partial charge in [-0.25, -0.2) is 4.98 Å². The molecule has 0 saturated heterocycles. The van der Waals surface area contributed by atoms with Gasteiger partial charge in [-0.05, 0) is 30.2 Å². The van der Waals surface area contributed by atoms with Crippen LogP contribution in [0.1, 0.15) is 11.1 Å². The zero-order valence-corrected chi connectivity index (χ0v) is 13.3. The number of nitrogens with two attached hydrogens (primary N) is 1. The number of halogens is 1. The number of benzene rings is 2. The average molecular weight is 342 g/mol. The van der Waals surface area contributed by atoms with Crippen LogP contribution in [0.4, 0.5) is 0 Å². The molecule has 1 aromatic heterocycles. The Kier molecular flexibility index (Phi) is 3.90. The fourth-order valence-corrected chi connectivity index (χ4v) is 2.92. The highest BCUT2D eigenvalue weighted by Crippen LogP contribution is 2.27. The second-order valence-electron chi connectivity index (χ2n) is 4.92. The standard InChI is InChI=1S/C17H16BrN3/c1-12-4-2-3-5-15(12)17-20-8-9-21(17)14-7-6-13(11-19)16(18)10-14/h2-10H,11,19H2,1H3. The van der Waals surface area contributed by atoms with Crippen molar-refractivity contribution < 1.29 is 0 Å². The molecule has 0 aliphatic rings. The lowest BCUT2D eigenvalue weighted by molar-refractivity contribution is 1.03. The second kappa shape index (κ2) is 5.84. The van der Waals surface area contributed by atoms with Crippen molar-refractivity contribution in [2.75, 3.05) is 0 Å². The van der Waals surface area contributed by atoms with E-state index in [1.54, 1.807) is 0 Å². The first kappa shape index (κ1) is 14.0. The molecule has 3 rings (SSSR count). The van der Waals surface area contributed by atoms with Crippen LogP contribution in [0, 0.1) is 6.92 Å². The lowest BCUT2D eigenvalue weighted by atomic mass is 10.1. The highest BCUT2D eigenvalue weighted by Gasteiger charge is 2.10. The quantitative estimate of drug-likeness (QED) is 0.780. The van der Waals surface area contributed by atoms with Gasteiger partial charge in [-0.1, -0.05) is 46.3 Å². The van der Waals surface area contributed by atoms with Crippen molar-refractivity contribution >= 4 is 15.9 Å². The maximum atomic E-state index is 5.71. The molecule has 0 saturated carbocycles. The zero-order chi connectivity index (χ0) is 14.8. The summed E-state index contributed by atoms with van der Waals surface area (Å²) in [4.78, 5) is 4.52. The van der Waals surface area contributed by atoms with Gasteiger partial charge in [-0.15, -0.1) is 0 Å². The average Bonchev–Trinajstić information content (AvgIpc) is 2.97. The van der Waals surface area contributed by atoms with Gasteiger partial charge >= 0.3 is 0 Å². The maximum Gasteiger partial charge on any atom is 0.144 e. The van der Waals surface area contributed by atoms with E-state index in [0.717, 1.165) is 27.1 Å². The fourth-order valence-electron chi connectivity index (χ4n) is 2.39. The minimum absolute atomic E-state index is 0.523. The first-order chi connectivity index (χ1) is 10.2. The summed E-state index contributed by atoms with van der Waals surface area (Å²) in [5.41, 5.74) is 10.2. The Labute approximate surface area is 132 Å². The number of hydrogen-bond donors (Lipinski definition) is 1. The minimum Gasteiger partial charge on any atom is -0.326 e. The molecule has 4 heteroatoms. The zero-order valence-electron chi connectivity index (χ0n) is 11.8. The van der Waals surface area contributed by atoms with Gasteiger partial charge in [0.2, 0.25) is 0 Å². The van der Waals surface area contributed by atoms with Crippen LogP contribution in [-0.2, 0) is 6.54 Å². The Hall–Kier alpha value is -1.91. The van der Waals surface area contributed by atoms with Crippen LogP contribution in [-0.4, -0.2) is 9.55 Å². The van der Waals surface area contributed by atoms with Gasteiger partial charge in [0, 0.05) is 34.7 Å². The van der Waals surface area contributed by atoms with Crippen molar-refractivity contribution in [3.05, 3.63) is 70.5 Å². The van der Waals surface area contributed by atoms with E-state index in [1.165, 1.54) is 5.56 Å². The molecular formula is C17H16BrN3. The van der Waals surface area contributed by atoms with Crippen molar-refractivity contribution in [3.8, 4) is 17.1 Å². The highest BCUT2D eigenvalue weighted by molar-refractivity contribution is 9.10. The van der Waals surface area contributed by atoms with Crippen molar-refractivity contribution in [2.24, 2.45) is 5.73 Å². The van der Waals surface area contributed by atoms with Crippen LogP contribution in [0.15, 0.2) is 59.3 Å². The molecule has 3 nitrogen and oxygen atoms in total. The number of imidazole rings is 1. The molecule has 0 radical (unpaired) electrons. The van der Waals surface area contributed by atoms with Gasteiger partial charge in [0.1, 0.15) is 5.82 Å². The van der Waals surface area contributed by atoms with Crippen LogP contribution in [0.3, 0.4) is 0 Å². The summed E-state index contributed by atoms with van der Waals surface area (Å²) in [5.74, 6) is 0.945. The number of aryl methyl sites for hydroxylation is 1. The van der Waals surface area contributed by atoms with Gasteiger partial charge < -0.3 is 5.73 Å². The van der Waals surface area contributed by atoms with Gasteiger partial charge in [-0.2, -0.15) is 0 Å². The lowest BCUT2D eigenvalue weighted by Crippen LogP contribution is -2.01. The summed E-state index contributed by atoms with van der Waals surface area (Å²) in [5, 5.41) is 0. The monoisotopic (exact) mass is 341 g/mol. The molecule has 0 amide bonds. The Morgan fingerprint density at radius 1 is 1.19 bits per heavy atom. The first-order valence-electron chi connectivity index (χ1n) is 6.79. The molecule has 0 atom stereocenters. The highest BCUT2D eigenvalue weighted by atomic mass is 79.9. The summed E-state index contributed by atoms with van der Waals surface area (Å²) in [6, 6.07) is 14.5. The van der Waals surface area contributed by atoms with Crippen LogP contribution >= 0.6 is 15.9 Å². The Morgan fingerprint density at radius 3 is 2.71 bits per heavy atom. The predicted octanol–water partition coefficient (Wildman–Crippen LogP) is 4.07. The molecule has 0 spiro atoms. The molecule has 2 N–H and O–H groups in total. The molecule has 2 aromatic carbocycles. The maximum absolute atomic E-state index is 5.71. The first-order valence-corrected chi connectivity index (χ1v) is 7.58. The molecule has 0 aliphatic heterocycles. The smallest absolute Gasteiger partial charge is 0.144 e. The number of hydrogen-bond acceptors (Lipinski definition) is 2. The third-order valence-corrected chi connectivity index (χ3v) is 4.30. The van der Waals surface area contributed by atoms with E-state index in [2.05, 4.69) is 56.7 Å². The summed E-state index contributed by atoms with van der Waals surface area (Å²) < 4.78 is 3.11. The van der Waals surface area contributed by atoms with E-state index in [9.17, 15) is 0 Å². The summed E-state index contributed by atoms with van der Waals surface area (Å²) in [6.07, 6.45) is 3.80. The van der Waals surface area contributed by atoms with Gasteiger partial charge in [0.15, 0.2) is 0 Å². The molecule has 1 heterocycles. The molecule has 0 bridgehead atoms. The van der Waals surface area contributed by atoms with Crippen LogP contribution in [0.2, 0.25) is 0 Å². The van der Waals surface area contributed by atoms with E-state index in [4.69, 9.17) is 5.73 Å². The molecule has 0 aliphatic carbocycles. The van der Waals surface area contributed by atoms with Crippen molar-refractivity contribution in [3.63, 3.8) is 0 Å². The normalized spacial score (nSPS) is 10.8. The molecule has 3 aromatic rings. The Bertz CT molecular complexity index is 777. The van der Waals surface area contributed by atoms with E-state index < -0.39 is 0 Å². The van der Waals surface area contributed by atoms with E-state index in [-0.39, 0.29) is 0 Å². The topological polar surface area (TPSA) is 43.8 Å². The van der Waals surface area contributed by atoms with Crippen LogP contribution < -0.4 is 5.73 Å². The minimum atomic E-state index is 0.523. The lowest BCUT2D eigenvalue weighted by Gasteiger charge is -2.11. The number of nitrogens with zero attached hydrogens (tertiary/aromatic N) is 2. The molecular weight excluding hydrogens is 326 g/mol. The molecule has 0 unspecified atom stereocenters. The third kappa shape index (κ3) is 2.64. The second-order valence-corrected chi connectivity index (χ2v) is 5.77. The molecule has 106 valence electrons. The fraction of sp³-hybridized carbons (Fsp3) is 0.118. The van der Waals surface area contributed by atoms with Crippen molar-refractivity contribution in [2.45, 2.75) is 13.5 Å². The Balaban J connectivity index is 2.11. The van der Waals surface area contributed by atoms with E-state index in [0.29, 0.717) is 6.54 Å². The van der Waals surface area contributed by atoms with Crippen LogP contribution in [0.5, 0.6) is 0 Å². The molecule has 0 fully saturated rings. The van der Waals surface area contributed by atoms with Gasteiger partial charge in [-0.3, -0.25) is 4.57 Å². The largest absolute Gasteiger partial charge is 0.326 e. The van der Waals surface area contributed by atoms with Gasteiger partial charge in [0.05, 0.1) is 0 Å². The third-order valence-electron chi connectivity index (χ3n) is 3.56. The SMILES string of the molecule is Cc1ccccc1-c1nccn1-c1ccc(CN)c(Br)c1. The summed E-state index contributed by atoms with van der Waals surface area (Å²) in [6.45, 7) is 2.62. The van der Waals surface area contributed by atoms with Crippen molar-refractivity contribution in [1.82, 2.24) is 9.55 Å².